The van der Waals surface area contributed by atoms with Gasteiger partial charge in [0.2, 0.25) is 0 Å². The molecule has 1 atom stereocenters. The molecule has 0 unspecified atom stereocenters. The Bertz CT molecular complexity index is 467. The molecule has 21 heavy (non-hydrogen) atoms. The molecule has 0 aliphatic carbocycles. The smallest absolute Gasteiger partial charge is 0.322 e. The first kappa shape index (κ1) is 16.2. The van der Waals surface area contributed by atoms with Crippen molar-refractivity contribution >= 4 is 23.5 Å². The molecule has 2 amide bonds. The van der Waals surface area contributed by atoms with Crippen molar-refractivity contribution < 1.29 is 4.79 Å². The third kappa shape index (κ3) is 4.38. The van der Waals surface area contributed by atoms with Gasteiger partial charge >= 0.3 is 6.03 Å². The maximum Gasteiger partial charge on any atom is 0.322 e. The van der Waals surface area contributed by atoms with Crippen molar-refractivity contribution in [2.45, 2.75) is 43.5 Å². The topological polar surface area (TPSA) is 58.4 Å². The average molecular weight is 307 g/mol. The third-order valence-corrected chi connectivity index (χ3v) is 5.03. The van der Waals surface area contributed by atoms with Crippen LogP contribution in [0.3, 0.4) is 0 Å². The van der Waals surface area contributed by atoms with Crippen LogP contribution in [0.1, 0.15) is 32.6 Å². The maximum absolute atomic E-state index is 12.5. The number of rotatable bonds is 5. The number of thioether (sulfide) groups is 1. The number of urea groups is 1. The van der Waals surface area contributed by atoms with Crippen LogP contribution in [-0.4, -0.2) is 35.8 Å². The number of benzene rings is 1. The van der Waals surface area contributed by atoms with Crippen molar-refractivity contribution in [2.75, 3.05) is 24.2 Å². The summed E-state index contributed by atoms with van der Waals surface area (Å²) in [5, 5.41) is 3.06. The Morgan fingerprint density at radius 3 is 3.00 bits per heavy atom. The number of para-hydroxylation sites is 1. The van der Waals surface area contributed by atoms with E-state index >= 15 is 0 Å². The lowest BCUT2D eigenvalue weighted by molar-refractivity contribution is 0.166. The fraction of sp³-hybridized carbons (Fsp3) is 0.562. The van der Waals surface area contributed by atoms with Crippen molar-refractivity contribution in [2.24, 2.45) is 5.73 Å². The molecule has 2 rings (SSSR count). The summed E-state index contributed by atoms with van der Waals surface area (Å²) in [6.07, 6.45) is 4.36. The number of nitrogens with one attached hydrogen (secondary N) is 1. The number of anilines is 1. The second-order valence-electron chi connectivity index (χ2n) is 5.35. The van der Waals surface area contributed by atoms with E-state index in [1.165, 1.54) is 0 Å². The van der Waals surface area contributed by atoms with Gasteiger partial charge in [0.1, 0.15) is 0 Å². The van der Waals surface area contributed by atoms with Crippen LogP contribution in [0.25, 0.3) is 0 Å². The van der Waals surface area contributed by atoms with Crippen molar-refractivity contribution in [1.29, 1.82) is 0 Å². The molecular weight excluding hydrogens is 282 g/mol. The van der Waals surface area contributed by atoms with E-state index in [1.54, 1.807) is 11.8 Å². The Morgan fingerprint density at radius 1 is 1.43 bits per heavy atom. The predicted octanol–water partition coefficient (Wildman–Crippen LogP) is 3.53. The lowest BCUT2D eigenvalue weighted by atomic mass is 10.0. The van der Waals surface area contributed by atoms with Crippen LogP contribution in [-0.2, 0) is 0 Å². The highest BCUT2D eigenvalue weighted by Crippen LogP contribution is 2.28. The molecule has 0 spiro atoms. The van der Waals surface area contributed by atoms with Crippen LogP contribution in [0, 0.1) is 0 Å². The van der Waals surface area contributed by atoms with Gasteiger partial charge < -0.3 is 16.0 Å². The quantitative estimate of drug-likeness (QED) is 0.818. The van der Waals surface area contributed by atoms with Gasteiger partial charge in [-0.3, -0.25) is 0 Å². The molecule has 1 aromatic rings. The first-order valence-corrected chi connectivity index (χ1v) is 8.74. The summed E-state index contributed by atoms with van der Waals surface area (Å²) < 4.78 is 0. The normalized spacial score (nSPS) is 18.6. The summed E-state index contributed by atoms with van der Waals surface area (Å²) in [6, 6.07) is 8.16. The molecule has 4 nitrogen and oxygen atoms in total. The number of carbonyl (C=O) groups excluding carboxylic acids is 1. The Labute approximate surface area is 131 Å². The fourth-order valence-electron chi connectivity index (χ4n) is 2.61. The van der Waals surface area contributed by atoms with Gasteiger partial charge in [0.15, 0.2) is 0 Å². The van der Waals surface area contributed by atoms with Crippen LogP contribution < -0.4 is 11.1 Å². The molecule has 0 saturated carbocycles. The summed E-state index contributed by atoms with van der Waals surface area (Å²) in [4.78, 5) is 15.5. The van der Waals surface area contributed by atoms with E-state index < -0.39 is 0 Å². The molecule has 0 radical (unpaired) electrons. The lowest BCUT2D eigenvalue weighted by Crippen LogP contribution is -2.49. The van der Waals surface area contributed by atoms with E-state index in [0.29, 0.717) is 6.54 Å². The summed E-state index contributed by atoms with van der Waals surface area (Å²) >= 11 is 1.78. The van der Waals surface area contributed by atoms with Gasteiger partial charge in [-0.1, -0.05) is 19.1 Å². The van der Waals surface area contributed by atoms with Gasteiger partial charge in [0, 0.05) is 24.0 Å². The number of hydrogen-bond donors (Lipinski definition) is 2. The molecule has 0 aromatic heterocycles. The SMILES string of the molecule is CCCSc1ccccc1NC(=O)N1CCCC[C@H]1CN. The number of hydrogen-bond acceptors (Lipinski definition) is 3. The molecule has 1 aliphatic heterocycles. The highest BCUT2D eigenvalue weighted by molar-refractivity contribution is 7.99. The molecule has 1 saturated heterocycles. The minimum Gasteiger partial charge on any atom is -0.328 e. The van der Waals surface area contributed by atoms with Crippen LogP contribution in [0.15, 0.2) is 29.2 Å². The van der Waals surface area contributed by atoms with Crippen molar-refractivity contribution in [3.63, 3.8) is 0 Å². The summed E-state index contributed by atoms with van der Waals surface area (Å²) in [6.45, 7) is 3.51. The monoisotopic (exact) mass is 307 g/mol. The summed E-state index contributed by atoms with van der Waals surface area (Å²) in [7, 11) is 0. The Hall–Kier alpha value is -1.20. The van der Waals surface area contributed by atoms with Gasteiger partial charge in [-0.25, -0.2) is 4.79 Å². The van der Waals surface area contributed by atoms with Crippen molar-refractivity contribution in [1.82, 2.24) is 4.90 Å². The third-order valence-electron chi connectivity index (χ3n) is 3.75. The Balaban J connectivity index is 2.04. The van der Waals surface area contributed by atoms with Crippen LogP contribution in [0.4, 0.5) is 10.5 Å². The second kappa shape index (κ2) is 8.29. The van der Waals surface area contributed by atoms with Crippen LogP contribution in [0.5, 0.6) is 0 Å². The largest absolute Gasteiger partial charge is 0.328 e. The summed E-state index contributed by atoms with van der Waals surface area (Å²) in [5.41, 5.74) is 6.70. The molecule has 116 valence electrons. The van der Waals surface area contributed by atoms with E-state index in [9.17, 15) is 4.79 Å². The number of carbonyl (C=O) groups is 1. The molecule has 3 N–H and O–H groups in total. The molecule has 1 fully saturated rings. The van der Waals surface area contributed by atoms with Gasteiger partial charge in [-0.05, 0) is 43.6 Å². The average Bonchev–Trinajstić information content (AvgIpc) is 2.54. The highest BCUT2D eigenvalue weighted by atomic mass is 32.2. The standard InChI is InChI=1S/C16H25N3OS/c1-2-11-21-15-9-4-3-8-14(15)18-16(20)19-10-6-5-7-13(19)12-17/h3-4,8-9,13H,2,5-7,10-12,17H2,1H3,(H,18,20)/t13-/m0/s1. The lowest BCUT2D eigenvalue weighted by Gasteiger charge is -2.35. The molecule has 1 heterocycles. The molecule has 0 bridgehead atoms. The minimum atomic E-state index is -0.0188. The molecule has 5 heteroatoms. The first-order chi connectivity index (χ1) is 10.3. The first-order valence-electron chi connectivity index (χ1n) is 7.75. The summed E-state index contributed by atoms with van der Waals surface area (Å²) in [5.74, 6) is 1.06. The number of nitrogens with zero attached hydrogens (tertiary/aromatic N) is 1. The zero-order valence-corrected chi connectivity index (χ0v) is 13.5. The zero-order valence-electron chi connectivity index (χ0n) is 12.7. The predicted molar refractivity (Wildman–Crippen MR) is 89.9 cm³/mol. The van der Waals surface area contributed by atoms with Gasteiger partial charge in [0.05, 0.1) is 5.69 Å². The van der Waals surface area contributed by atoms with E-state index in [1.807, 2.05) is 23.1 Å². The van der Waals surface area contributed by atoms with Gasteiger partial charge in [-0.2, -0.15) is 0 Å². The molecular formula is C16H25N3OS. The Morgan fingerprint density at radius 2 is 2.24 bits per heavy atom. The molecule has 1 aromatic carbocycles. The zero-order chi connectivity index (χ0) is 15.1. The maximum atomic E-state index is 12.5. The van der Waals surface area contributed by atoms with E-state index in [2.05, 4.69) is 18.3 Å². The van der Waals surface area contributed by atoms with E-state index in [4.69, 9.17) is 5.73 Å². The van der Waals surface area contributed by atoms with E-state index in [-0.39, 0.29) is 12.1 Å². The van der Waals surface area contributed by atoms with Crippen LogP contribution >= 0.6 is 11.8 Å². The Kier molecular flexibility index (Phi) is 6.39. The van der Waals surface area contributed by atoms with E-state index in [0.717, 1.165) is 48.6 Å². The minimum absolute atomic E-state index is 0.0188. The van der Waals surface area contributed by atoms with Crippen LogP contribution in [0.2, 0.25) is 0 Å². The van der Waals surface area contributed by atoms with Crippen molar-refractivity contribution in [3.05, 3.63) is 24.3 Å². The number of likely N-dealkylation sites (tertiary alicyclic amines) is 1. The number of piperidine rings is 1. The molecule has 1 aliphatic rings. The van der Waals surface area contributed by atoms with Gasteiger partial charge in [0.25, 0.3) is 0 Å². The fourth-order valence-corrected chi connectivity index (χ4v) is 3.48. The highest BCUT2D eigenvalue weighted by Gasteiger charge is 2.25. The number of nitrogens with two attached hydrogens (primary N) is 1. The number of amides is 2. The van der Waals surface area contributed by atoms with Gasteiger partial charge in [-0.15, -0.1) is 11.8 Å². The van der Waals surface area contributed by atoms with Crippen molar-refractivity contribution in [3.8, 4) is 0 Å². The second-order valence-corrected chi connectivity index (χ2v) is 6.49.